The molecule has 34 heavy (non-hydrogen) atoms. The average Bonchev–Trinajstić information content (AvgIpc) is 2.91. The summed E-state index contributed by atoms with van der Waals surface area (Å²) < 4.78 is 11.9. The van der Waals surface area contributed by atoms with Crippen LogP contribution in [0.3, 0.4) is 0 Å². The van der Waals surface area contributed by atoms with Gasteiger partial charge in [0, 0.05) is 0 Å². The fraction of sp³-hybridized carbons (Fsp3) is 0. The molecule has 5 aromatic rings. The number of para-hydroxylation sites is 2. The van der Waals surface area contributed by atoms with E-state index < -0.39 is 0 Å². The van der Waals surface area contributed by atoms with Crippen LogP contribution in [0, 0.1) is 0 Å². The maximum absolute atomic E-state index is 5.97. The fourth-order valence-electron chi connectivity index (χ4n) is 3.70. The van der Waals surface area contributed by atoms with E-state index in [4.69, 9.17) is 9.47 Å². The molecular formula is C32H24O2. The Morgan fingerprint density at radius 1 is 0.382 bits per heavy atom. The van der Waals surface area contributed by atoms with Gasteiger partial charge in [-0.25, -0.2) is 0 Å². The third kappa shape index (κ3) is 5.43. The van der Waals surface area contributed by atoms with Gasteiger partial charge in [-0.15, -0.1) is 0 Å². The van der Waals surface area contributed by atoms with E-state index in [2.05, 4.69) is 54.6 Å². The fourth-order valence-corrected chi connectivity index (χ4v) is 3.70. The summed E-state index contributed by atoms with van der Waals surface area (Å²) in [4.78, 5) is 0. The van der Waals surface area contributed by atoms with E-state index in [1.54, 1.807) is 0 Å². The Morgan fingerprint density at radius 3 is 1.26 bits per heavy atom. The number of benzene rings is 5. The third-order valence-corrected chi connectivity index (χ3v) is 5.40. The molecule has 0 saturated heterocycles. The first-order valence-electron chi connectivity index (χ1n) is 11.3. The third-order valence-electron chi connectivity index (χ3n) is 5.40. The highest BCUT2D eigenvalue weighted by atomic mass is 16.5. The zero-order valence-electron chi connectivity index (χ0n) is 18.7. The van der Waals surface area contributed by atoms with E-state index in [0.29, 0.717) is 0 Å². The van der Waals surface area contributed by atoms with Crippen molar-refractivity contribution in [2.45, 2.75) is 0 Å². The van der Waals surface area contributed by atoms with Gasteiger partial charge in [-0.3, -0.25) is 0 Å². The minimum Gasteiger partial charge on any atom is -0.457 e. The summed E-state index contributed by atoms with van der Waals surface area (Å²) in [6.45, 7) is 0. The second kappa shape index (κ2) is 10.4. The van der Waals surface area contributed by atoms with Crippen molar-refractivity contribution in [3.8, 4) is 23.0 Å². The van der Waals surface area contributed by atoms with Crippen molar-refractivity contribution >= 4 is 11.6 Å². The molecule has 0 N–H and O–H groups in total. The number of rotatable bonds is 7. The molecule has 0 radical (unpaired) electrons. The lowest BCUT2D eigenvalue weighted by Gasteiger charge is -2.11. The molecule has 5 aromatic carbocycles. The molecule has 0 spiro atoms. The zero-order chi connectivity index (χ0) is 23.0. The van der Waals surface area contributed by atoms with Crippen molar-refractivity contribution in [3.63, 3.8) is 0 Å². The Kier molecular flexibility index (Phi) is 6.50. The van der Waals surface area contributed by atoms with Crippen LogP contribution < -0.4 is 9.47 Å². The van der Waals surface area contributed by atoms with Crippen LogP contribution in [-0.2, 0) is 0 Å². The summed E-state index contributed by atoms with van der Waals surface area (Å²) in [5, 5.41) is 0. The summed E-state index contributed by atoms with van der Waals surface area (Å²) in [6, 6.07) is 46.4. The molecule has 164 valence electrons. The van der Waals surface area contributed by atoms with Gasteiger partial charge in [0.2, 0.25) is 0 Å². The van der Waals surface area contributed by atoms with Crippen molar-refractivity contribution in [1.29, 1.82) is 0 Å². The number of hydrogen-bond donors (Lipinski definition) is 0. The molecule has 0 saturated carbocycles. The second-order valence-corrected chi connectivity index (χ2v) is 7.85. The van der Waals surface area contributed by atoms with E-state index in [0.717, 1.165) is 45.3 Å². The van der Waals surface area contributed by atoms with Crippen molar-refractivity contribution in [2.24, 2.45) is 0 Å². The van der Waals surface area contributed by atoms with Gasteiger partial charge < -0.3 is 9.47 Å². The maximum atomic E-state index is 5.97. The normalized spacial score (nSPS) is 11.1. The van der Waals surface area contributed by atoms with Crippen molar-refractivity contribution in [2.75, 3.05) is 0 Å². The number of ether oxygens (including phenoxy) is 2. The van der Waals surface area contributed by atoms with Gasteiger partial charge >= 0.3 is 0 Å². The first-order chi connectivity index (χ1) is 16.8. The SMILES string of the molecule is C(=C(/c1ccccc1)c1ccc(Oc2ccccc2)cc1)/c1ccc(Oc2ccccc2)cc1. The monoisotopic (exact) mass is 440 g/mol. The maximum Gasteiger partial charge on any atom is 0.127 e. The lowest BCUT2D eigenvalue weighted by Crippen LogP contribution is -1.90. The molecule has 0 amide bonds. The molecule has 0 bridgehead atoms. The van der Waals surface area contributed by atoms with Gasteiger partial charge in [0.1, 0.15) is 23.0 Å². The highest BCUT2D eigenvalue weighted by Gasteiger charge is 2.07. The largest absolute Gasteiger partial charge is 0.457 e. The Balaban J connectivity index is 1.41. The van der Waals surface area contributed by atoms with Gasteiger partial charge in [-0.05, 0) is 76.9 Å². The van der Waals surface area contributed by atoms with Gasteiger partial charge in [-0.2, -0.15) is 0 Å². The van der Waals surface area contributed by atoms with Gasteiger partial charge in [-0.1, -0.05) is 91.0 Å². The Morgan fingerprint density at radius 2 is 0.765 bits per heavy atom. The summed E-state index contributed by atoms with van der Waals surface area (Å²) in [6.07, 6.45) is 2.20. The molecule has 0 unspecified atom stereocenters. The molecule has 0 aromatic heterocycles. The smallest absolute Gasteiger partial charge is 0.127 e. The minimum atomic E-state index is 0.810. The first-order valence-corrected chi connectivity index (χ1v) is 11.3. The van der Waals surface area contributed by atoms with Crippen molar-refractivity contribution in [1.82, 2.24) is 0 Å². The van der Waals surface area contributed by atoms with Crippen LogP contribution in [-0.4, -0.2) is 0 Å². The quantitative estimate of drug-likeness (QED) is 0.235. The van der Waals surface area contributed by atoms with Gasteiger partial charge in [0.15, 0.2) is 0 Å². The molecule has 0 fully saturated rings. The Hall–Kier alpha value is -4.56. The second-order valence-electron chi connectivity index (χ2n) is 7.85. The summed E-state index contributed by atoms with van der Waals surface area (Å²) in [5.41, 5.74) is 4.52. The molecule has 0 aliphatic rings. The van der Waals surface area contributed by atoms with Gasteiger partial charge in [0.25, 0.3) is 0 Å². The molecule has 5 rings (SSSR count). The summed E-state index contributed by atoms with van der Waals surface area (Å²) in [5.74, 6) is 3.28. The van der Waals surface area contributed by atoms with E-state index in [1.807, 2.05) is 91.0 Å². The molecule has 0 atom stereocenters. The van der Waals surface area contributed by atoms with E-state index in [-0.39, 0.29) is 0 Å². The van der Waals surface area contributed by atoms with Crippen LogP contribution in [0.1, 0.15) is 16.7 Å². The van der Waals surface area contributed by atoms with Crippen LogP contribution in [0.25, 0.3) is 11.6 Å². The van der Waals surface area contributed by atoms with Crippen LogP contribution >= 0.6 is 0 Å². The lowest BCUT2D eigenvalue weighted by molar-refractivity contribution is 0.482. The van der Waals surface area contributed by atoms with Gasteiger partial charge in [0.05, 0.1) is 0 Å². The zero-order valence-corrected chi connectivity index (χ0v) is 18.7. The average molecular weight is 441 g/mol. The summed E-state index contributed by atoms with van der Waals surface area (Å²) in [7, 11) is 0. The molecular weight excluding hydrogens is 416 g/mol. The first kappa shape index (κ1) is 21.3. The standard InChI is InChI=1S/C32H24O2/c1-4-10-26(11-5-1)32(27-18-22-31(23-19-27)34-29-14-8-3-9-15-29)24-25-16-20-30(21-17-25)33-28-12-6-2-7-13-28/h1-24H/b32-24+. The van der Waals surface area contributed by atoms with E-state index in [9.17, 15) is 0 Å². The van der Waals surface area contributed by atoms with Crippen LogP contribution in [0.5, 0.6) is 23.0 Å². The predicted molar refractivity (Wildman–Crippen MR) is 139 cm³/mol. The van der Waals surface area contributed by atoms with E-state index in [1.165, 1.54) is 0 Å². The Labute approximate surface area is 200 Å². The van der Waals surface area contributed by atoms with Crippen molar-refractivity contribution < 1.29 is 9.47 Å². The lowest BCUT2D eigenvalue weighted by atomic mass is 9.95. The van der Waals surface area contributed by atoms with Crippen LogP contribution in [0.15, 0.2) is 140 Å². The van der Waals surface area contributed by atoms with Crippen LogP contribution in [0.4, 0.5) is 0 Å². The topological polar surface area (TPSA) is 18.5 Å². The molecule has 0 aliphatic heterocycles. The number of hydrogen-bond acceptors (Lipinski definition) is 2. The van der Waals surface area contributed by atoms with Crippen molar-refractivity contribution in [3.05, 3.63) is 156 Å². The Bertz CT molecular complexity index is 1340. The molecule has 0 heterocycles. The van der Waals surface area contributed by atoms with E-state index >= 15 is 0 Å². The minimum absolute atomic E-state index is 0.810. The predicted octanol–water partition coefficient (Wildman–Crippen LogP) is 8.86. The van der Waals surface area contributed by atoms with Crippen LogP contribution in [0.2, 0.25) is 0 Å². The summed E-state index contributed by atoms with van der Waals surface area (Å²) >= 11 is 0. The molecule has 2 nitrogen and oxygen atoms in total. The molecule has 2 heteroatoms. The molecule has 0 aliphatic carbocycles. The highest BCUT2D eigenvalue weighted by Crippen LogP contribution is 2.30. The highest BCUT2D eigenvalue weighted by molar-refractivity contribution is 5.91.